The maximum atomic E-state index is 11.6. The molecule has 1 fully saturated rings. The lowest BCUT2D eigenvalue weighted by Gasteiger charge is -2.24. The van der Waals surface area contributed by atoms with Gasteiger partial charge in [0, 0.05) is 6.04 Å². The second-order valence-corrected chi connectivity index (χ2v) is 4.76. The van der Waals surface area contributed by atoms with Gasteiger partial charge in [-0.1, -0.05) is 0 Å². The molecule has 0 aliphatic carbocycles. The van der Waals surface area contributed by atoms with Gasteiger partial charge in [0.25, 0.3) is 0 Å². The Hall–Kier alpha value is -0.610. The van der Waals surface area contributed by atoms with Gasteiger partial charge < -0.3 is 15.8 Å². The van der Waals surface area contributed by atoms with Gasteiger partial charge in [-0.2, -0.15) is 0 Å². The summed E-state index contributed by atoms with van der Waals surface area (Å²) in [6.07, 6.45) is 2.04. The predicted molar refractivity (Wildman–Crippen MR) is 54.8 cm³/mol. The Labute approximate surface area is 85.2 Å². The van der Waals surface area contributed by atoms with E-state index in [4.69, 9.17) is 10.5 Å². The van der Waals surface area contributed by atoms with Crippen molar-refractivity contribution in [3.63, 3.8) is 0 Å². The van der Waals surface area contributed by atoms with E-state index in [2.05, 4.69) is 5.32 Å². The minimum Gasteiger partial charge on any atom is -0.459 e. The van der Waals surface area contributed by atoms with Crippen molar-refractivity contribution in [1.29, 1.82) is 0 Å². The number of carbonyl (C=O) groups excluding carboxylic acids is 1. The molecule has 1 rings (SSSR count). The first-order valence-corrected chi connectivity index (χ1v) is 5.12. The third kappa shape index (κ3) is 3.27. The number of nitrogens with one attached hydrogen (secondary N) is 1. The number of nitrogens with two attached hydrogens (primary N) is 1. The van der Waals surface area contributed by atoms with Crippen molar-refractivity contribution in [2.45, 2.75) is 51.3 Å². The lowest BCUT2D eigenvalue weighted by atomic mass is 10.1. The zero-order valence-corrected chi connectivity index (χ0v) is 9.17. The normalized spacial score (nSPS) is 24.7. The molecule has 0 spiro atoms. The summed E-state index contributed by atoms with van der Waals surface area (Å²) in [4.78, 5) is 11.6. The predicted octanol–water partition coefficient (Wildman–Crippen LogP) is 0.407. The van der Waals surface area contributed by atoms with E-state index in [1.165, 1.54) is 0 Å². The van der Waals surface area contributed by atoms with E-state index in [-0.39, 0.29) is 12.0 Å². The molecule has 0 aromatic carbocycles. The fourth-order valence-corrected chi connectivity index (χ4v) is 1.55. The zero-order chi connectivity index (χ0) is 10.8. The van der Waals surface area contributed by atoms with E-state index >= 15 is 0 Å². The van der Waals surface area contributed by atoms with Crippen LogP contribution in [0.25, 0.3) is 0 Å². The first-order chi connectivity index (χ1) is 6.40. The van der Waals surface area contributed by atoms with Gasteiger partial charge in [-0.15, -0.1) is 0 Å². The van der Waals surface area contributed by atoms with Gasteiger partial charge in [0.05, 0.1) is 0 Å². The molecule has 3 N–H and O–H groups in total. The lowest BCUT2D eigenvalue weighted by molar-refractivity contribution is -0.157. The van der Waals surface area contributed by atoms with Gasteiger partial charge in [-0.05, 0) is 40.2 Å². The second-order valence-electron chi connectivity index (χ2n) is 4.76. The molecule has 1 heterocycles. The smallest absolute Gasteiger partial charge is 0.325 e. The van der Waals surface area contributed by atoms with Gasteiger partial charge in [-0.25, -0.2) is 0 Å². The second kappa shape index (κ2) is 4.28. The molecule has 0 bridgehead atoms. The van der Waals surface area contributed by atoms with Crippen molar-refractivity contribution in [3.05, 3.63) is 0 Å². The molecule has 1 saturated heterocycles. The Morgan fingerprint density at radius 1 is 1.57 bits per heavy atom. The van der Waals surface area contributed by atoms with E-state index in [1.807, 2.05) is 20.8 Å². The number of esters is 1. The molecule has 14 heavy (non-hydrogen) atoms. The Morgan fingerprint density at radius 3 is 2.64 bits per heavy atom. The summed E-state index contributed by atoms with van der Waals surface area (Å²) in [6, 6.07) is -0.443. The monoisotopic (exact) mass is 200 g/mol. The highest BCUT2D eigenvalue weighted by Crippen LogP contribution is 2.13. The Balaban J connectivity index is 2.43. The van der Waals surface area contributed by atoms with Crippen LogP contribution >= 0.6 is 0 Å². The Bertz CT molecular complexity index is 205. The SMILES string of the molecule is CC(C)(C)OC(=O)[C@H](N)[C@@H]1CCCN1. The molecule has 82 valence electrons. The summed E-state index contributed by atoms with van der Waals surface area (Å²) in [7, 11) is 0. The van der Waals surface area contributed by atoms with Crippen molar-refractivity contribution < 1.29 is 9.53 Å². The van der Waals surface area contributed by atoms with Crippen LogP contribution in [-0.2, 0) is 9.53 Å². The summed E-state index contributed by atoms with van der Waals surface area (Å²) in [6.45, 7) is 6.49. The van der Waals surface area contributed by atoms with Gasteiger partial charge in [-0.3, -0.25) is 4.79 Å². The number of ether oxygens (including phenoxy) is 1. The summed E-state index contributed by atoms with van der Waals surface area (Å²) < 4.78 is 5.21. The van der Waals surface area contributed by atoms with Crippen LogP contribution in [0.4, 0.5) is 0 Å². The quantitative estimate of drug-likeness (QED) is 0.634. The van der Waals surface area contributed by atoms with Gasteiger partial charge in [0.1, 0.15) is 11.6 Å². The molecule has 0 radical (unpaired) electrons. The molecule has 0 aromatic heterocycles. The van der Waals surface area contributed by atoms with Crippen LogP contribution in [0.15, 0.2) is 0 Å². The van der Waals surface area contributed by atoms with Crippen LogP contribution in [-0.4, -0.2) is 30.2 Å². The summed E-state index contributed by atoms with van der Waals surface area (Å²) in [5.41, 5.74) is 5.34. The summed E-state index contributed by atoms with van der Waals surface area (Å²) in [5.74, 6) is -0.308. The average Bonchev–Trinajstić information content (AvgIpc) is 2.51. The van der Waals surface area contributed by atoms with Gasteiger partial charge >= 0.3 is 5.97 Å². The van der Waals surface area contributed by atoms with Crippen LogP contribution in [0.1, 0.15) is 33.6 Å². The minimum atomic E-state index is -0.531. The zero-order valence-electron chi connectivity index (χ0n) is 9.17. The van der Waals surface area contributed by atoms with E-state index in [1.54, 1.807) is 0 Å². The van der Waals surface area contributed by atoms with Gasteiger partial charge in [0.15, 0.2) is 0 Å². The van der Waals surface area contributed by atoms with Crippen molar-refractivity contribution in [2.75, 3.05) is 6.54 Å². The van der Waals surface area contributed by atoms with Crippen LogP contribution in [0, 0.1) is 0 Å². The number of hydrogen-bond donors (Lipinski definition) is 2. The van der Waals surface area contributed by atoms with Gasteiger partial charge in [0.2, 0.25) is 0 Å². The fourth-order valence-electron chi connectivity index (χ4n) is 1.55. The molecule has 1 aliphatic heterocycles. The lowest BCUT2D eigenvalue weighted by Crippen LogP contribution is -2.49. The minimum absolute atomic E-state index is 0.0878. The highest BCUT2D eigenvalue weighted by molar-refractivity contribution is 5.76. The van der Waals surface area contributed by atoms with Crippen molar-refractivity contribution in [2.24, 2.45) is 5.73 Å². The highest BCUT2D eigenvalue weighted by atomic mass is 16.6. The maximum Gasteiger partial charge on any atom is 0.325 e. The van der Waals surface area contributed by atoms with E-state index in [0.29, 0.717) is 0 Å². The molecule has 1 aliphatic rings. The number of hydrogen-bond acceptors (Lipinski definition) is 4. The third-order valence-corrected chi connectivity index (χ3v) is 2.21. The fraction of sp³-hybridized carbons (Fsp3) is 0.900. The Morgan fingerprint density at radius 2 is 2.21 bits per heavy atom. The standard InChI is InChI=1S/C10H20N2O2/c1-10(2,3)14-9(13)8(11)7-5-4-6-12-7/h7-8,12H,4-6,11H2,1-3H3/t7-,8+/m0/s1. The summed E-state index contributed by atoms with van der Waals surface area (Å²) >= 11 is 0. The van der Waals surface area contributed by atoms with Crippen LogP contribution < -0.4 is 11.1 Å². The molecule has 0 amide bonds. The van der Waals surface area contributed by atoms with E-state index < -0.39 is 11.6 Å². The van der Waals surface area contributed by atoms with E-state index in [0.717, 1.165) is 19.4 Å². The molecule has 0 saturated carbocycles. The van der Waals surface area contributed by atoms with Crippen LogP contribution in [0.3, 0.4) is 0 Å². The highest BCUT2D eigenvalue weighted by Gasteiger charge is 2.30. The molecule has 2 atom stereocenters. The largest absolute Gasteiger partial charge is 0.459 e. The molecule has 4 heteroatoms. The summed E-state index contributed by atoms with van der Waals surface area (Å²) in [5, 5.41) is 3.20. The molecule has 4 nitrogen and oxygen atoms in total. The van der Waals surface area contributed by atoms with Crippen molar-refractivity contribution >= 4 is 5.97 Å². The maximum absolute atomic E-state index is 11.6. The Kier molecular flexibility index (Phi) is 3.50. The first kappa shape index (κ1) is 11.5. The van der Waals surface area contributed by atoms with Crippen molar-refractivity contribution in [1.82, 2.24) is 5.32 Å². The topological polar surface area (TPSA) is 64.3 Å². The average molecular weight is 200 g/mol. The van der Waals surface area contributed by atoms with E-state index in [9.17, 15) is 4.79 Å². The van der Waals surface area contributed by atoms with Crippen molar-refractivity contribution in [3.8, 4) is 0 Å². The molecule has 0 unspecified atom stereocenters. The number of carbonyl (C=O) groups is 1. The molecule has 0 aromatic rings. The number of rotatable bonds is 2. The molecular formula is C10H20N2O2. The van der Waals surface area contributed by atoms with Crippen LogP contribution in [0.5, 0.6) is 0 Å². The van der Waals surface area contributed by atoms with Crippen LogP contribution in [0.2, 0.25) is 0 Å². The molecular weight excluding hydrogens is 180 g/mol. The first-order valence-electron chi connectivity index (χ1n) is 5.12. The third-order valence-electron chi connectivity index (χ3n) is 2.21.